The number of benzene rings is 3. The second-order valence-electron chi connectivity index (χ2n) is 17.6. The van der Waals surface area contributed by atoms with Crippen LogP contribution in [0.5, 0.6) is 17.2 Å². The molecule has 4 aliphatic rings. The summed E-state index contributed by atoms with van der Waals surface area (Å²) < 4.78 is 99.1. The minimum atomic E-state index is -5.37. The van der Waals surface area contributed by atoms with Crippen molar-refractivity contribution in [3.8, 4) is 23.3 Å². The van der Waals surface area contributed by atoms with Crippen molar-refractivity contribution in [2.24, 2.45) is 0 Å². The van der Waals surface area contributed by atoms with Gasteiger partial charge in [0.25, 0.3) is 5.56 Å². The van der Waals surface area contributed by atoms with Crippen LogP contribution >= 0.6 is 11.8 Å². The molecule has 69 heavy (non-hydrogen) atoms. The molecule has 1 spiro atoms. The molecule has 0 saturated carbocycles. The van der Waals surface area contributed by atoms with Gasteiger partial charge in [-0.3, -0.25) is 38.7 Å². The highest BCUT2D eigenvalue weighted by molar-refractivity contribution is 7.99. The molecule has 0 aliphatic carbocycles. The van der Waals surface area contributed by atoms with Crippen LogP contribution in [0.3, 0.4) is 0 Å². The molecule has 8 rings (SSSR count). The number of imide groups is 1. The number of piperidine rings is 3. The van der Waals surface area contributed by atoms with Gasteiger partial charge in [0, 0.05) is 38.4 Å². The lowest BCUT2D eigenvalue weighted by Crippen LogP contribution is -2.50. The first-order chi connectivity index (χ1) is 32.8. The largest absolute Gasteiger partial charge is 0.488 e. The van der Waals surface area contributed by atoms with Crippen molar-refractivity contribution in [3.63, 3.8) is 0 Å². The first kappa shape index (κ1) is 49.7. The van der Waals surface area contributed by atoms with E-state index in [0.717, 1.165) is 22.9 Å². The van der Waals surface area contributed by atoms with Crippen LogP contribution in [0.25, 0.3) is 10.9 Å². The Morgan fingerprint density at radius 1 is 1.06 bits per heavy atom. The lowest BCUT2D eigenvalue weighted by atomic mass is 9.85. The van der Waals surface area contributed by atoms with E-state index >= 15 is 4.39 Å². The molecule has 0 bridgehead atoms. The van der Waals surface area contributed by atoms with Crippen molar-refractivity contribution in [1.29, 1.82) is 5.26 Å². The van der Waals surface area contributed by atoms with E-state index in [1.807, 2.05) is 15.9 Å². The molecule has 2 unspecified atom stereocenters. The lowest BCUT2D eigenvalue weighted by molar-refractivity contribution is -0.137. The van der Waals surface area contributed by atoms with Gasteiger partial charge in [0.05, 0.1) is 53.5 Å². The second-order valence-corrected chi connectivity index (χ2v) is 21.5. The molecule has 3 amide bonds. The SMILES string of the molecule is CCN(C)S(=O)(=O)Nc1ccc(F)c(Oc2ccc3ncn(CSC4COC5(CCN(C(=O)CN6CCC(c7ccc(C8CCC(=O)NC8=O)cc7OS(=O)(=O)F)CC6)CC5)C4)c(=O)c3c2)c1C#N. The number of thioether (sulfide) groups is 1. The number of hydrogen-bond acceptors (Lipinski definition) is 15. The minimum absolute atomic E-state index is 0.0165. The highest BCUT2D eigenvalue weighted by Crippen LogP contribution is 2.42. The number of rotatable bonds is 15. The summed E-state index contributed by atoms with van der Waals surface area (Å²) in [5, 5.41) is 12.4. The predicted octanol–water partition coefficient (Wildman–Crippen LogP) is 4.64. The third-order valence-electron chi connectivity index (χ3n) is 13.2. The molecule has 4 aliphatic heterocycles. The smallest absolute Gasteiger partial charge is 0.453 e. The summed E-state index contributed by atoms with van der Waals surface area (Å²) in [6.45, 7) is 4.52. The van der Waals surface area contributed by atoms with E-state index in [0.29, 0.717) is 75.1 Å². The second kappa shape index (κ2) is 20.3. The molecular weight excluding hydrogens is 963 g/mol. The van der Waals surface area contributed by atoms with Crippen LogP contribution in [0.1, 0.15) is 80.4 Å². The Bertz CT molecular complexity index is 2990. The van der Waals surface area contributed by atoms with Crippen LogP contribution in [0.15, 0.2) is 59.7 Å². The van der Waals surface area contributed by atoms with Gasteiger partial charge in [-0.2, -0.15) is 26.4 Å². The van der Waals surface area contributed by atoms with Crippen LogP contribution in [-0.4, -0.2) is 122 Å². The Balaban J connectivity index is 0.826. The summed E-state index contributed by atoms with van der Waals surface area (Å²) in [5.41, 5.74) is -0.0870. The average Bonchev–Trinajstić information content (AvgIpc) is 3.71. The molecule has 368 valence electrons. The Labute approximate surface area is 401 Å². The van der Waals surface area contributed by atoms with Crippen molar-refractivity contribution in [2.75, 3.05) is 57.6 Å². The molecule has 1 aromatic heterocycles. The zero-order valence-corrected chi connectivity index (χ0v) is 40.1. The maximum atomic E-state index is 15.1. The van der Waals surface area contributed by atoms with Crippen molar-refractivity contribution >= 4 is 66.8 Å². The van der Waals surface area contributed by atoms with Gasteiger partial charge in [-0.15, -0.1) is 11.8 Å². The van der Waals surface area contributed by atoms with Crippen molar-refractivity contribution < 1.29 is 53.2 Å². The van der Waals surface area contributed by atoms with E-state index in [-0.39, 0.29) is 82.6 Å². The number of amides is 3. The number of nitriles is 1. The molecule has 19 nitrogen and oxygen atoms in total. The number of ether oxygens (including phenoxy) is 2. The number of carbonyl (C=O) groups is 3. The summed E-state index contributed by atoms with van der Waals surface area (Å²) in [7, 11) is -8.06. The van der Waals surface area contributed by atoms with Crippen molar-refractivity contribution in [2.45, 2.75) is 80.4 Å². The molecule has 2 atom stereocenters. The van der Waals surface area contributed by atoms with Gasteiger partial charge in [0.15, 0.2) is 11.6 Å². The van der Waals surface area contributed by atoms with E-state index in [2.05, 4.69) is 15.0 Å². The van der Waals surface area contributed by atoms with Gasteiger partial charge >= 0.3 is 20.7 Å². The zero-order valence-electron chi connectivity index (χ0n) is 37.7. The van der Waals surface area contributed by atoms with Crippen molar-refractivity contribution in [3.05, 3.63) is 87.7 Å². The number of carbonyl (C=O) groups excluding carboxylic acids is 3. The fourth-order valence-corrected chi connectivity index (χ4v) is 11.7. The van der Waals surface area contributed by atoms with Gasteiger partial charge in [-0.05, 0) is 105 Å². The van der Waals surface area contributed by atoms with E-state index < -0.39 is 55.6 Å². The van der Waals surface area contributed by atoms with Crippen LogP contribution in [0, 0.1) is 17.1 Å². The first-order valence-electron chi connectivity index (χ1n) is 22.3. The van der Waals surface area contributed by atoms with Gasteiger partial charge in [0.1, 0.15) is 23.1 Å². The molecule has 24 heteroatoms. The quantitative estimate of drug-likeness (QED) is 0.122. The lowest BCUT2D eigenvalue weighted by Gasteiger charge is -2.40. The highest BCUT2D eigenvalue weighted by Gasteiger charge is 2.44. The molecule has 2 N–H and O–H groups in total. The number of aromatic nitrogens is 2. The summed E-state index contributed by atoms with van der Waals surface area (Å²) in [5.74, 6) is -3.17. The molecule has 4 saturated heterocycles. The fourth-order valence-electron chi connectivity index (χ4n) is 9.25. The minimum Gasteiger partial charge on any atom is -0.453 e. The van der Waals surface area contributed by atoms with Crippen molar-refractivity contribution in [1.82, 2.24) is 29.0 Å². The van der Waals surface area contributed by atoms with Gasteiger partial charge in [-0.25, -0.2) is 9.37 Å². The van der Waals surface area contributed by atoms with Crippen LogP contribution in [0.2, 0.25) is 0 Å². The monoisotopic (exact) mass is 1010 g/mol. The highest BCUT2D eigenvalue weighted by atomic mass is 32.3. The maximum Gasteiger partial charge on any atom is 0.488 e. The predicted molar refractivity (Wildman–Crippen MR) is 249 cm³/mol. The number of anilines is 1. The van der Waals surface area contributed by atoms with Gasteiger partial charge < -0.3 is 18.6 Å². The van der Waals surface area contributed by atoms with Crippen LogP contribution < -0.4 is 24.5 Å². The normalized spacial score (nSPS) is 20.3. The number of halogens is 2. The Hall–Kier alpha value is -5.71. The van der Waals surface area contributed by atoms with Crippen LogP contribution in [-0.2, 0) is 45.7 Å². The van der Waals surface area contributed by atoms with E-state index in [1.54, 1.807) is 30.8 Å². The molecule has 4 aromatic rings. The van der Waals surface area contributed by atoms with E-state index in [9.17, 15) is 45.2 Å². The molecule has 5 heterocycles. The third-order valence-corrected chi connectivity index (χ3v) is 16.4. The maximum absolute atomic E-state index is 15.1. The number of nitrogens with zero attached hydrogens (tertiary/aromatic N) is 6. The van der Waals surface area contributed by atoms with Gasteiger partial charge in [0.2, 0.25) is 17.7 Å². The fraction of sp³-hybridized carbons (Fsp3) is 0.467. The van der Waals surface area contributed by atoms with E-state index in [1.165, 1.54) is 42.2 Å². The molecule has 0 radical (unpaired) electrons. The summed E-state index contributed by atoms with van der Waals surface area (Å²) in [4.78, 5) is 59.6. The van der Waals surface area contributed by atoms with E-state index in [4.69, 9.17) is 13.7 Å². The topological polar surface area (TPSA) is 240 Å². The number of fused-ring (bicyclic) bond motifs is 1. The number of likely N-dealkylation sites (tertiary alicyclic amines) is 2. The molecule has 4 fully saturated rings. The zero-order chi connectivity index (χ0) is 49.3. The average molecular weight is 1010 g/mol. The Kier molecular flexibility index (Phi) is 14.6. The number of nitrogens with one attached hydrogen (secondary N) is 2. The standard InChI is InChI=1S/C45H50F2N8O11S3/c1-3-52(2)69(62,63)51-38-10-8-36(46)42(35(38)23-48)65-30-5-9-37-34(21-30)44(59)55(26-49-37)27-67-31-22-45(64-25-31)14-18-54(19-15-45)41(57)24-53-16-12-28(13-17-53)32-6-4-29(20-39(32)66-68(47,60)61)33-7-11-40(56)50-43(33)58/h4-6,8-10,20-21,26,28,31,33,51H,3,7,11-19,22,24-25,27H2,1-2H3,(H,50,56,58). The van der Waals surface area contributed by atoms with Gasteiger partial charge in [-0.1, -0.05) is 22.9 Å². The summed E-state index contributed by atoms with van der Waals surface area (Å²) in [6.07, 6.45) is 4.91. The Morgan fingerprint density at radius 2 is 1.81 bits per heavy atom. The number of hydrogen-bond donors (Lipinski definition) is 2. The molecular formula is C45H50F2N8O11S3. The third kappa shape index (κ3) is 11.3. The summed E-state index contributed by atoms with van der Waals surface area (Å²) >= 11 is 1.54. The summed E-state index contributed by atoms with van der Waals surface area (Å²) in [6, 6.07) is 13.0. The first-order valence-corrected chi connectivity index (χ1v) is 26.1. The van der Waals surface area contributed by atoms with Crippen LogP contribution in [0.4, 0.5) is 14.0 Å². The Morgan fingerprint density at radius 3 is 2.51 bits per heavy atom. The molecule has 3 aromatic carbocycles.